The van der Waals surface area contributed by atoms with Gasteiger partial charge in [0.2, 0.25) is 0 Å². The first-order valence-electron chi connectivity index (χ1n) is 9.09. The standard InChI is InChI=1S/C20H18ClF5N2O/c21-15-9-11(20(24,25)26)10-27-17(15)14-7-3-4-8-16(14)28-19(29)13-6-2-1-5-12(13)18(22)23/h1-2,5-6,9-10,14,16,18H,3-4,7-8H2,(H,28,29). The van der Waals surface area contributed by atoms with Crippen molar-refractivity contribution in [3.63, 3.8) is 0 Å². The van der Waals surface area contributed by atoms with E-state index in [1.165, 1.54) is 24.3 Å². The number of hydrogen-bond acceptors (Lipinski definition) is 2. The van der Waals surface area contributed by atoms with Gasteiger partial charge in [-0.25, -0.2) is 8.78 Å². The van der Waals surface area contributed by atoms with Crippen LogP contribution in [0.3, 0.4) is 0 Å². The minimum atomic E-state index is -4.56. The van der Waals surface area contributed by atoms with Gasteiger partial charge in [0.25, 0.3) is 12.3 Å². The van der Waals surface area contributed by atoms with E-state index >= 15 is 0 Å². The lowest BCUT2D eigenvalue weighted by Crippen LogP contribution is -2.41. The Morgan fingerprint density at radius 3 is 2.52 bits per heavy atom. The normalized spacial score (nSPS) is 20.0. The third-order valence-electron chi connectivity index (χ3n) is 5.07. The van der Waals surface area contributed by atoms with Crippen molar-refractivity contribution in [3.05, 3.63) is 63.9 Å². The molecular weight excluding hydrogens is 415 g/mol. The maximum atomic E-state index is 13.2. The summed E-state index contributed by atoms with van der Waals surface area (Å²) in [5.41, 5.74) is -1.18. The maximum Gasteiger partial charge on any atom is 0.417 e. The van der Waals surface area contributed by atoms with E-state index in [-0.39, 0.29) is 21.8 Å². The van der Waals surface area contributed by atoms with E-state index in [1.54, 1.807) is 0 Å². The molecule has 2 aromatic rings. The van der Waals surface area contributed by atoms with Crippen molar-refractivity contribution in [2.75, 3.05) is 0 Å². The zero-order valence-corrected chi connectivity index (χ0v) is 15.9. The molecule has 1 saturated carbocycles. The summed E-state index contributed by atoms with van der Waals surface area (Å²) in [5.74, 6) is -1.05. The summed E-state index contributed by atoms with van der Waals surface area (Å²) in [6.07, 6.45) is -3.94. The fraction of sp³-hybridized carbons (Fsp3) is 0.400. The second kappa shape index (κ2) is 8.65. The van der Waals surface area contributed by atoms with E-state index in [2.05, 4.69) is 10.3 Å². The van der Waals surface area contributed by atoms with E-state index < -0.39 is 36.0 Å². The first-order chi connectivity index (χ1) is 13.7. The maximum absolute atomic E-state index is 13.2. The Morgan fingerprint density at radius 2 is 1.86 bits per heavy atom. The molecule has 1 aliphatic carbocycles. The lowest BCUT2D eigenvalue weighted by molar-refractivity contribution is -0.137. The Morgan fingerprint density at radius 1 is 1.17 bits per heavy atom. The van der Waals surface area contributed by atoms with Crippen LogP contribution in [0.1, 0.15) is 65.2 Å². The summed E-state index contributed by atoms with van der Waals surface area (Å²) in [6, 6.07) is 5.78. The van der Waals surface area contributed by atoms with Gasteiger partial charge in [-0.2, -0.15) is 13.2 Å². The molecule has 3 rings (SSSR count). The molecule has 3 nitrogen and oxygen atoms in total. The molecule has 2 atom stereocenters. The van der Waals surface area contributed by atoms with E-state index in [0.29, 0.717) is 12.8 Å². The van der Waals surface area contributed by atoms with Gasteiger partial charge < -0.3 is 5.32 Å². The van der Waals surface area contributed by atoms with Gasteiger partial charge in [0.1, 0.15) is 0 Å². The summed E-state index contributed by atoms with van der Waals surface area (Å²) < 4.78 is 65.0. The number of hydrogen-bond donors (Lipinski definition) is 1. The number of aromatic nitrogens is 1. The van der Waals surface area contributed by atoms with Crippen LogP contribution in [0.25, 0.3) is 0 Å². The summed E-state index contributed by atoms with van der Waals surface area (Å²) in [5, 5.41) is 2.63. The van der Waals surface area contributed by atoms with Crippen LogP contribution in [0.2, 0.25) is 5.02 Å². The molecule has 0 spiro atoms. The number of nitrogens with zero attached hydrogens (tertiary/aromatic N) is 1. The van der Waals surface area contributed by atoms with Crippen LogP contribution in [-0.2, 0) is 6.18 Å². The molecule has 1 aromatic heterocycles. The second-order valence-electron chi connectivity index (χ2n) is 6.95. The van der Waals surface area contributed by atoms with Crippen molar-refractivity contribution >= 4 is 17.5 Å². The highest BCUT2D eigenvalue weighted by Gasteiger charge is 2.35. The predicted octanol–water partition coefficient (Wildman–Crippen LogP) is 6.15. The summed E-state index contributed by atoms with van der Waals surface area (Å²) in [7, 11) is 0. The van der Waals surface area contributed by atoms with Crippen molar-refractivity contribution in [2.24, 2.45) is 0 Å². The van der Waals surface area contributed by atoms with E-state index in [1.807, 2.05) is 0 Å². The van der Waals surface area contributed by atoms with Crippen LogP contribution in [-0.4, -0.2) is 16.9 Å². The van der Waals surface area contributed by atoms with E-state index in [4.69, 9.17) is 11.6 Å². The Hall–Kier alpha value is -2.22. The molecule has 2 unspecified atom stereocenters. The van der Waals surface area contributed by atoms with Crippen molar-refractivity contribution in [3.8, 4) is 0 Å². The van der Waals surface area contributed by atoms with Gasteiger partial charge in [-0.1, -0.05) is 42.6 Å². The Bertz CT molecular complexity index is 887. The Balaban J connectivity index is 1.85. The number of alkyl halides is 5. The fourth-order valence-electron chi connectivity index (χ4n) is 3.65. The van der Waals surface area contributed by atoms with Crippen LogP contribution in [0.5, 0.6) is 0 Å². The highest BCUT2D eigenvalue weighted by molar-refractivity contribution is 6.31. The summed E-state index contributed by atoms with van der Waals surface area (Å²) >= 11 is 6.08. The average molecular weight is 433 g/mol. The van der Waals surface area contributed by atoms with Crippen LogP contribution >= 0.6 is 11.6 Å². The summed E-state index contributed by atoms with van der Waals surface area (Å²) in [6.45, 7) is 0. The molecule has 1 heterocycles. The molecule has 1 amide bonds. The number of carbonyl (C=O) groups is 1. The van der Waals surface area contributed by atoms with E-state index in [0.717, 1.165) is 25.1 Å². The van der Waals surface area contributed by atoms with Gasteiger partial charge in [-0.05, 0) is 25.0 Å². The highest BCUT2D eigenvalue weighted by atomic mass is 35.5. The van der Waals surface area contributed by atoms with Gasteiger partial charge >= 0.3 is 6.18 Å². The van der Waals surface area contributed by atoms with Gasteiger partial charge in [0.15, 0.2) is 0 Å². The average Bonchev–Trinajstić information content (AvgIpc) is 2.67. The third-order valence-corrected chi connectivity index (χ3v) is 5.37. The molecule has 0 bridgehead atoms. The van der Waals surface area contributed by atoms with Crippen molar-refractivity contribution < 1.29 is 26.7 Å². The Kier molecular flexibility index (Phi) is 6.41. The zero-order valence-electron chi connectivity index (χ0n) is 15.1. The first kappa shape index (κ1) is 21.5. The monoisotopic (exact) mass is 432 g/mol. The van der Waals surface area contributed by atoms with Crippen molar-refractivity contribution in [1.82, 2.24) is 10.3 Å². The molecule has 0 saturated heterocycles. The van der Waals surface area contributed by atoms with Crippen molar-refractivity contribution in [2.45, 2.75) is 50.2 Å². The number of benzene rings is 1. The molecule has 1 fully saturated rings. The highest BCUT2D eigenvalue weighted by Crippen LogP contribution is 2.38. The largest absolute Gasteiger partial charge is 0.417 e. The van der Waals surface area contributed by atoms with Crippen LogP contribution in [0.15, 0.2) is 36.5 Å². The minimum absolute atomic E-state index is 0.126. The quantitative estimate of drug-likeness (QED) is 0.589. The molecular formula is C20H18ClF5N2O. The topological polar surface area (TPSA) is 42.0 Å². The van der Waals surface area contributed by atoms with Gasteiger partial charge in [0, 0.05) is 29.3 Å². The lowest BCUT2D eigenvalue weighted by atomic mass is 9.81. The molecule has 29 heavy (non-hydrogen) atoms. The number of pyridine rings is 1. The molecule has 156 valence electrons. The molecule has 1 N–H and O–H groups in total. The molecule has 0 aliphatic heterocycles. The SMILES string of the molecule is O=C(NC1CCCCC1c1ncc(C(F)(F)F)cc1Cl)c1ccccc1C(F)F. The lowest BCUT2D eigenvalue weighted by Gasteiger charge is -2.32. The smallest absolute Gasteiger partial charge is 0.349 e. The van der Waals surface area contributed by atoms with Gasteiger partial charge in [0.05, 0.1) is 16.3 Å². The summed E-state index contributed by atoms with van der Waals surface area (Å²) in [4.78, 5) is 16.6. The third kappa shape index (κ3) is 4.86. The van der Waals surface area contributed by atoms with Crippen LogP contribution in [0, 0.1) is 0 Å². The number of nitrogens with one attached hydrogen (secondary N) is 1. The molecule has 1 aliphatic rings. The van der Waals surface area contributed by atoms with Crippen LogP contribution in [0.4, 0.5) is 22.0 Å². The zero-order chi connectivity index (χ0) is 21.2. The first-order valence-corrected chi connectivity index (χ1v) is 9.47. The molecule has 1 aromatic carbocycles. The number of carbonyl (C=O) groups excluding carboxylic acids is 1. The number of amides is 1. The predicted molar refractivity (Wildman–Crippen MR) is 98.1 cm³/mol. The number of halogens is 6. The minimum Gasteiger partial charge on any atom is -0.349 e. The molecule has 9 heteroatoms. The van der Waals surface area contributed by atoms with Crippen LogP contribution < -0.4 is 5.32 Å². The second-order valence-corrected chi connectivity index (χ2v) is 7.35. The van der Waals surface area contributed by atoms with Gasteiger partial charge in [-0.3, -0.25) is 9.78 Å². The molecule has 0 radical (unpaired) electrons. The van der Waals surface area contributed by atoms with Gasteiger partial charge in [-0.15, -0.1) is 0 Å². The number of rotatable bonds is 4. The Labute approximate surface area is 169 Å². The van der Waals surface area contributed by atoms with Crippen molar-refractivity contribution in [1.29, 1.82) is 0 Å². The van der Waals surface area contributed by atoms with E-state index in [9.17, 15) is 26.7 Å². The fourth-order valence-corrected chi connectivity index (χ4v) is 3.95.